The molecule has 0 fully saturated rings. The number of nitrogens with zero attached hydrogens (tertiary/aromatic N) is 1. The molecule has 0 saturated heterocycles. The Bertz CT molecular complexity index is 734. The number of H-pyrrole nitrogens is 1. The fraction of sp³-hybridized carbons (Fsp3) is 0.250. The van der Waals surface area contributed by atoms with E-state index in [0.717, 1.165) is 9.44 Å². The van der Waals surface area contributed by atoms with Crippen molar-refractivity contribution in [1.82, 2.24) is 14.9 Å². The van der Waals surface area contributed by atoms with Gasteiger partial charge in [0.1, 0.15) is 6.54 Å². The molecule has 2 heterocycles. The van der Waals surface area contributed by atoms with Crippen LogP contribution in [0.5, 0.6) is 0 Å². The van der Waals surface area contributed by atoms with Gasteiger partial charge in [-0.05, 0) is 19.1 Å². The van der Waals surface area contributed by atoms with Crippen LogP contribution in [-0.4, -0.2) is 15.5 Å². The summed E-state index contributed by atoms with van der Waals surface area (Å²) in [5.41, 5.74) is -1.10. The fourth-order valence-corrected chi connectivity index (χ4v) is 2.71. The number of aromatic nitrogens is 2. The molecule has 2 rings (SSSR count). The van der Waals surface area contributed by atoms with Gasteiger partial charge in [-0.25, -0.2) is 4.79 Å². The first kappa shape index (κ1) is 14.5. The lowest BCUT2D eigenvalue weighted by Gasteiger charge is -2.12. The summed E-state index contributed by atoms with van der Waals surface area (Å²) in [6.07, 6.45) is 1.29. The van der Waals surface area contributed by atoms with Gasteiger partial charge < -0.3 is 5.32 Å². The normalized spacial score (nSPS) is 12.1. The first-order valence-electron chi connectivity index (χ1n) is 5.80. The molecule has 0 saturated carbocycles. The largest absolute Gasteiger partial charge is 0.347 e. The molecule has 8 heteroatoms. The Balaban J connectivity index is 2.02. The van der Waals surface area contributed by atoms with Crippen molar-refractivity contribution in [2.45, 2.75) is 19.5 Å². The van der Waals surface area contributed by atoms with E-state index < -0.39 is 11.2 Å². The van der Waals surface area contributed by atoms with Crippen LogP contribution >= 0.6 is 22.9 Å². The second-order valence-corrected chi connectivity index (χ2v) is 5.92. The fourth-order valence-electron chi connectivity index (χ4n) is 1.64. The maximum absolute atomic E-state index is 11.8. The molecule has 0 bridgehead atoms. The van der Waals surface area contributed by atoms with Crippen LogP contribution in [0.2, 0.25) is 4.34 Å². The minimum Gasteiger partial charge on any atom is -0.347 e. The van der Waals surface area contributed by atoms with Gasteiger partial charge in [0.25, 0.3) is 5.56 Å². The molecule has 106 valence electrons. The Morgan fingerprint density at radius 2 is 2.20 bits per heavy atom. The van der Waals surface area contributed by atoms with Crippen LogP contribution in [0.3, 0.4) is 0 Å². The van der Waals surface area contributed by atoms with E-state index in [-0.39, 0.29) is 18.5 Å². The zero-order valence-corrected chi connectivity index (χ0v) is 12.1. The Kier molecular flexibility index (Phi) is 4.41. The minimum atomic E-state index is -0.612. The molecule has 2 aromatic heterocycles. The summed E-state index contributed by atoms with van der Waals surface area (Å²) in [5.74, 6) is -0.323. The Hall–Kier alpha value is -1.86. The van der Waals surface area contributed by atoms with Crippen molar-refractivity contribution < 1.29 is 4.79 Å². The molecular weight excluding hydrogens is 302 g/mol. The number of aromatic amines is 1. The van der Waals surface area contributed by atoms with E-state index in [1.807, 2.05) is 13.0 Å². The van der Waals surface area contributed by atoms with Crippen LogP contribution in [0.15, 0.2) is 34.0 Å². The van der Waals surface area contributed by atoms with E-state index >= 15 is 0 Å². The number of thiophene rings is 1. The highest BCUT2D eigenvalue weighted by atomic mass is 35.5. The molecule has 0 spiro atoms. The summed E-state index contributed by atoms with van der Waals surface area (Å²) < 4.78 is 1.78. The quantitative estimate of drug-likeness (QED) is 0.887. The first-order chi connectivity index (χ1) is 9.45. The zero-order chi connectivity index (χ0) is 14.7. The van der Waals surface area contributed by atoms with E-state index in [1.54, 1.807) is 6.07 Å². The SMILES string of the molecule is CC(NC(=O)Cn1ccc(=O)[nH]c1=O)c1ccc(Cl)s1. The second-order valence-electron chi connectivity index (χ2n) is 4.17. The minimum absolute atomic E-state index is 0.154. The highest BCUT2D eigenvalue weighted by molar-refractivity contribution is 7.16. The maximum atomic E-state index is 11.8. The third-order valence-electron chi connectivity index (χ3n) is 2.61. The average molecular weight is 314 g/mol. The molecular formula is C12H12ClN3O3S. The third kappa shape index (κ3) is 3.58. The number of nitrogens with one attached hydrogen (secondary N) is 2. The van der Waals surface area contributed by atoms with Crippen molar-refractivity contribution in [2.75, 3.05) is 0 Å². The van der Waals surface area contributed by atoms with E-state index in [4.69, 9.17) is 11.6 Å². The van der Waals surface area contributed by atoms with Crippen LogP contribution in [0.1, 0.15) is 17.8 Å². The standard InChI is InChI=1S/C12H12ClN3O3S/c1-7(8-2-3-9(13)20-8)14-11(18)6-16-5-4-10(17)15-12(16)19/h2-5,7H,6H2,1H3,(H,14,18)(H,15,17,19). The summed E-state index contributed by atoms with van der Waals surface area (Å²) in [4.78, 5) is 37.2. The summed E-state index contributed by atoms with van der Waals surface area (Å²) in [6, 6.07) is 4.59. The zero-order valence-electron chi connectivity index (χ0n) is 10.6. The van der Waals surface area contributed by atoms with Gasteiger partial charge in [0, 0.05) is 17.1 Å². The number of halogens is 1. The second kappa shape index (κ2) is 6.06. The lowest BCUT2D eigenvalue weighted by Crippen LogP contribution is -2.36. The van der Waals surface area contributed by atoms with Crippen molar-refractivity contribution in [3.05, 3.63) is 54.4 Å². The number of hydrogen-bond donors (Lipinski definition) is 2. The number of carbonyl (C=O) groups is 1. The summed E-state index contributed by atoms with van der Waals surface area (Å²) >= 11 is 7.22. The van der Waals surface area contributed by atoms with Crippen LogP contribution in [0.25, 0.3) is 0 Å². The van der Waals surface area contributed by atoms with Crippen molar-refractivity contribution >= 4 is 28.8 Å². The highest BCUT2D eigenvalue weighted by Crippen LogP contribution is 2.26. The summed E-state index contributed by atoms with van der Waals surface area (Å²) in [5, 5.41) is 2.76. The molecule has 1 unspecified atom stereocenters. The Morgan fingerprint density at radius 1 is 1.45 bits per heavy atom. The number of carbonyl (C=O) groups excluding carboxylic acids is 1. The van der Waals surface area contributed by atoms with E-state index in [2.05, 4.69) is 10.3 Å². The van der Waals surface area contributed by atoms with Crippen molar-refractivity contribution in [1.29, 1.82) is 0 Å². The van der Waals surface area contributed by atoms with Crippen LogP contribution in [0, 0.1) is 0 Å². The predicted molar refractivity (Wildman–Crippen MR) is 77.2 cm³/mol. The van der Waals surface area contributed by atoms with Crippen molar-refractivity contribution in [2.24, 2.45) is 0 Å². The predicted octanol–water partition coefficient (Wildman–Crippen LogP) is 1.13. The lowest BCUT2D eigenvalue weighted by molar-refractivity contribution is -0.122. The van der Waals surface area contributed by atoms with Gasteiger partial charge >= 0.3 is 5.69 Å². The highest BCUT2D eigenvalue weighted by Gasteiger charge is 2.12. The first-order valence-corrected chi connectivity index (χ1v) is 6.99. The van der Waals surface area contributed by atoms with Gasteiger partial charge in [0.2, 0.25) is 5.91 Å². The summed E-state index contributed by atoms with van der Waals surface area (Å²) in [6.45, 7) is 1.68. The molecule has 0 aromatic carbocycles. The molecule has 0 aliphatic rings. The van der Waals surface area contributed by atoms with Crippen molar-refractivity contribution in [3.63, 3.8) is 0 Å². The van der Waals surface area contributed by atoms with Crippen LogP contribution in [-0.2, 0) is 11.3 Å². The van der Waals surface area contributed by atoms with Gasteiger partial charge in [0.05, 0.1) is 10.4 Å². The average Bonchev–Trinajstić information content (AvgIpc) is 2.79. The van der Waals surface area contributed by atoms with Crippen LogP contribution in [0.4, 0.5) is 0 Å². The topological polar surface area (TPSA) is 84.0 Å². The van der Waals surface area contributed by atoms with Gasteiger partial charge in [-0.2, -0.15) is 0 Å². The molecule has 0 aliphatic carbocycles. The molecule has 20 heavy (non-hydrogen) atoms. The van der Waals surface area contributed by atoms with Gasteiger partial charge in [0.15, 0.2) is 0 Å². The molecule has 6 nitrogen and oxygen atoms in total. The molecule has 1 atom stereocenters. The van der Waals surface area contributed by atoms with E-state index in [1.165, 1.54) is 23.6 Å². The smallest absolute Gasteiger partial charge is 0.328 e. The monoisotopic (exact) mass is 313 g/mol. The number of rotatable bonds is 4. The lowest BCUT2D eigenvalue weighted by atomic mass is 10.3. The maximum Gasteiger partial charge on any atom is 0.328 e. The molecule has 0 aliphatic heterocycles. The molecule has 2 N–H and O–H groups in total. The van der Waals surface area contributed by atoms with Gasteiger partial charge in [-0.15, -0.1) is 11.3 Å². The molecule has 0 radical (unpaired) electrons. The molecule has 2 aromatic rings. The summed E-state index contributed by atoms with van der Waals surface area (Å²) in [7, 11) is 0. The van der Waals surface area contributed by atoms with E-state index in [9.17, 15) is 14.4 Å². The third-order valence-corrected chi connectivity index (χ3v) is 4.02. The molecule has 1 amide bonds. The Labute approximate surface area is 123 Å². The number of amides is 1. The van der Waals surface area contributed by atoms with Crippen molar-refractivity contribution in [3.8, 4) is 0 Å². The van der Waals surface area contributed by atoms with Gasteiger partial charge in [-0.3, -0.25) is 19.1 Å². The Morgan fingerprint density at radius 3 is 2.80 bits per heavy atom. The number of hydrogen-bond acceptors (Lipinski definition) is 4. The van der Waals surface area contributed by atoms with Gasteiger partial charge in [-0.1, -0.05) is 11.6 Å². The van der Waals surface area contributed by atoms with Crippen LogP contribution < -0.4 is 16.6 Å². The van der Waals surface area contributed by atoms with E-state index in [0.29, 0.717) is 4.34 Å².